The lowest BCUT2D eigenvalue weighted by atomic mass is 9.47. The van der Waals surface area contributed by atoms with Crippen LogP contribution in [0.1, 0.15) is 131 Å². The summed E-state index contributed by atoms with van der Waals surface area (Å²) in [5.74, 6) is 4.64. The van der Waals surface area contributed by atoms with Crippen molar-refractivity contribution in [1.29, 1.82) is 0 Å². The molecule has 0 bridgehead atoms. The molecule has 0 aromatic carbocycles. The van der Waals surface area contributed by atoms with Gasteiger partial charge in [-0.15, -0.1) is 0 Å². The molecule has 180 valence electrons. The fourth-order valence-corrected chi connectivity index (χ4v) is 8.17. The van der Waals surface area contributed by atoms with Crippen molar-refractivity contribution in [2.45, 2.75) is 138 Å². The molecular weight excluding hydrogens is 376 g/mol. The van der Waals surface area contributed by atoms with Crippen LogP contribution in [0.15, 0.2) is 11.6 Å². The van der Waals surface area contributed by atoms with Gasteiger partial charge in [0.2, 0.25) is 0 Å². The largest absolute Gasteiger partial charge is 0.393 e. The van der Waals surface area contributed by atoms with E-state index in [9.17, 15) is 5.11 Å². The van der Waals surface area contributed by atoms with E-state index in [2.05, 4.69) is 47.6 Å². The van der Waals surface area contributed by atoms with E-state index in [1.54, 1.807) is 5.57 Å². The second kappa shape index (κ2) is 10.8. The van der Waals surface area contributed by atoms with Crippen LogP contribution in [0.2, 0.25) is 0 Å². The van der Waals surface area contributed by atoms with Crippen molar-refractivity contribution in [2.75, 3.05) is 0 Å². The fourth-order valence-electron chi connectivity index (χ4n) is 8.17. The fraction of sp³-hybridized carbons (Fsp3) is 0.933. The van der Waals surface area contributed by atoms with Gasteiger partial charge >= 0.3 is 0 Å². The Bertz CT molecular complexity index is 589. The normalized spacial score (nSPS) is 41.5. The van der Waals surface area contributed by atoms with Crippen LogP contribution in [0.25, 0.3) is 0 Å². The standard InChI is InChI=1S/C26H44O.C4H10/c1-18(2)7-5-6-8-19-10-12-23-22-11-9-20-17-21(27)13-15-26(20,4)24(22)14-16-25(19,23)3;1-3-4-2/h9,18-19,21-24,27H,5-8,10-17H2,1-4H3;3-4H2,1-2H3/t19-,21?,22-,23-,24-,25+,26-;/m0./s1. The van der Waals surface area contributed by atoms with Gasteiger partial charge in [0.1, 0.15) is 0 Å². The van der Waals surface area contributed by atoms with Gasteiger partial charge < -0.3 is 5.11 Å². The smallest absolute Gasteiger partial charge is 0.0577 e. The summed E-state index contributed by atoms with van der Waals surface area (Å²) in [6.45, 7) is 14.3. The maximum absolute atomic E-state index is 10.2. The molecule has 4 aliphatic carbocycles. The second-order valence-corrected chi connectivity index (χ2v) is 12.7. The molecule has 4 rings (SSSR count). The minimum Gasteiger partial charge on any atom is -0.393 e. The monoisotopic (exact) mass is 430 g/mol. The van der Waals surface area contributed by atoms with Crippen molar-refractivity contribution < 1.29 is 5.11 Å². The first kappa shape index (κ1) is 25.3. The second-order valence-electron chi connectivity index (χ2n) is 12.7. The van der Waals surface area contributed by atoms with Gasteiger partial charge in [-0.25, -0.2) is 0 Å². The highest BCUT2D eigenvalue weighted by Gasteiger charge is 2.58. The average Bonchev–Trinajstić information content (AvgIpc) is 3.08. The van der Waals surface area contributed by atoms with Crippen molar-refractivity contribution >= 4 is 0 Å². The van der Waals surface area contributed by atoms with Crippen LogP contribution in [0, 0.1) is 40.4 Å². The van der Waals surface area contributed by atoms with E-state index >= 15 is 0 Å². The van der Waals surface area contributed by atoms with Gasteiger partial charge in [-0.1, -0.05) is 85.3 Å². The summed E-state index contributed by atoms with van der Waals surface area (Å²) in [5, 5.41) is 10.2. The lowest BCUT2D eigenvalue weighted by molar-refractivity contribution is -0.0508. The molecule has 1 nitrogen and oxygen atoms in total. The Hall–Kier alpha value is -0.300. The highest BCUT2D eigenvalue weighted by molar-refractivity contribution is 5.25. The van der Waals surface area contributed by atoms with E-state index in [4.69, 9.17) is 0 Å². The maximum Gasteiger partial charge on any atom is 0.0577 e. The molecule has 3 fully saturated rings. The maximum atomic E-state index is 10.2. The number of rotatable bonds is 6. The zero-order chi connectivity index (χ0) is 22.6. The lowest BCUT2D eigenvalue weighted by Gasteiger charge is -2.58. The predicted molar refractivity (Wildman–Crippen MR) is 135 cm³/mol. The van der Waals surface area contributed by atoms with Gasteiger partial charge in [0.25, 0.3) is 0 Å². The van der Waals surface area contributed by atoms with Crippen molar-refractivity contribution in [3.63, 3.8) is 0 Å². The highest BCUT2D eigenvalue weighted by atomic mass is 16.3. The van der Waals surface area contributed by atoms with Gasteiger partial charge in [0.15, 0.2) is 0 Å². The Morgan fingerprint density at radius 2 is 1.71 bits per heavy atom. The predicted octanol–water partition coefficient (Wildman–Crippen LogP) is 8.95. The van der Waals surface area contributed by atoms with Crippen LogP contribution in [0.3, 0.4) is 0 Å². The summed E-state index contributed by atoms with van der Waals surface area (Å²) in [6.07, 6.45) is 21.4. The summed E-state index contributed by atoms with van der Waals surface area (Å²) >= 11 is 0. The molecule has 1 heteroatoms. The Morgan fingerprint density at radius 3 is 2.39 bits per heavy atom. The Labute approximate surface area is 194 Å². The minimum absolute atomic E-state index is 0.0727. The molecule has 0 heterocycles. The van der Waals surface area contributed by atoms with E-state index in [1.807, 2.05) is 0 Å². The highest BCUT2D eigenvalue weighted by Crippen LogP contribution is 2.66. The molecule has 0 aromatic heterocycles. The van der Waals surface area contributed by atoms with E-state index < -0.39 is 0 Å². The molecule has 0 aromatic rings. The summed E-state index contributed by atoms with van der Waals surface area (Å²) in [4.78, 5) is 0. The number of unbranched alkanes of at least 4 members (excludes halogenated alkanes) is 2. The van der Waals surface area contributed by atoms with E-state index in [-0.39, 0.29) is 6.10 Å². The van der Waals surface area contributed by atoms with E-state index in [0.29, 0.717) is 10.8 Å². The molecule has 0 spiro atoms. The van der Waals surface area contributed by atoms with Crippen LogP contribution in [-0.2, 0) is 0 Å². The SMILES string of the molecule is CC(C)CCCC[C@H]1CC[C@H]2[C@@H]3CC=C4CC(O)CC[C@]4(C)[C@H]3CC[C@]12C.CCCC. The quantitative estimate of drug-likeness (QED) is 0.329. The lowest BCUT2D eigenvalue weighted by Crippen LogP contribution is -2.50. The first-order chi connectivity index (χ1) is 14.8. The van der Waals surface area contributed by atoms with Gasteiger partial charge in [0.05, 0.1) is 6.10 Å². The summed E-state index contributed by atoms with van der Waals surface area (Å²) in [6, 6.07) is 0. The molecule has 0 radical (unpaired) electrons. The Balaban J connectivity index is 0.000000628. The molecule has 0 amide bonds. The van der Waals surface area contributed by atoms with Crippen molar-refractivity contribution in [2.24, 2.45) is 40.4 Å². The van der Waals surface area contributed by atoms with Gasteiger partial charge in [0, 0.05) is 0 Å². The van der Waals surface area contributed by atoms with Gasteiger partial charge in [-0.05, 0) is 98.2 Å². The van der Waals surface area contributed by atoms with E-state index in [1.165, 1.54) is 77.0 Å². The molecular formula is C30H54O. The molecule has 4 aliphatic rings. The molecule has 31 heavy (non-hydrogen) atoms. The van der Waals surface area contributed by atoms with Gasteiger partial charge in [-0.2, -0.15) is 0 Å². The Morgan fingerprint density at radius 1 is 0.968 bits per heavy atom. The van der Waals surface area contributed by atoms with Crippen LogP contribution in [0.4, 0.5) is 0 Å². The molecule has 0 aliphatic heterocycles. The van der Waals surface area contributed by atoms with E-state index in [0.717, 1.165) is 42.4 Å². The number of hydrogen-bond acceptors (Lipinski definition) is 1. The Kier molecular flexibility index (Phi) is 8.78. The zero-order valence-corrected chi connectivity index (χ0v) is 21.9. The number of hydrogen-bond donors (Lipinski definition) is 1. The van der Waals surface area contributed by atoms with Crippen LogP contribution < -0.4 is 0 Å². The molecule has 7 atom stereocenters. The molecule has 3 saturated carbocycles. The number of allylic oxidation sites excluding steroid dienone is 1. The summed E-state index contributed by atoms with van der Waals surface area (Å²) in [5.41, 5.74) is 2.64. The first-order valence-electron chi connectivity index (χ1n) is 14.1. The van der Waals surface area contributed by atoms with Gasteiger partial charge in [-0.3, -0.25) is 0 Å². The van der Waals surface area contributed by atoms with Crippen molar-refractivity contribution in [1.82, 2.24) is 0 Å². The average molecular weight is 431 g/mol. The van der Waals surface area contributed by atoms with Crippen LogP contribution >= 0.6 is 0 Å². The first-order valence-corrected chi connectivity index (χ1v) is 14.1. The topological polar surface area (TPSA) is 20.2 Å². The zero-order valence-electron chi connectivity index (χ0n) is 21.9. The number of aliphatic hydroxyl groups excluding tert-OH is 1. The third-order valence-corrected chi connectivity index (χ3v) is 10.4. The molecule has 1 N–H and O–H groups in total. The summed E-state index contributed by atoms with van der Waals surface area (Å²) in [7, 11) is 0. The van der Waals surface area contributed by atoms with Crippen LogP contribution in [-0.4, -0.2) is 11.2 Å². The third-order valence-electron chi connectivity index (χ3n) is 10.4. The minimum atomic E-state index is -0.0727. The summed E-state index contributed by atoms with van der Waals surface area (Å²) < 4.78 is 0. The third kappa shape index (κ3) is 5.28. The molecule has 0 saturated heterocycles. The van der Waals surface area contributed by atoms with Crippen LogP contribution in [0.5, 0.6) is 0 Å². The molecule has 1 unspecified atom stereocenters. The van der Waals surface area contributed by atoms with Crippen molar-refractivity contribution in [3.8, 4) is 0 Å². The van der Waals surface area contributed by atoms with Crippen molar-refractivity contribution in [3.05, 3.63) is 11.6 Å². The number of aliphatic hydroxyl groups is 1. The number of fused-ring (bicyclic) bond motifs is 5.